The highest BCUT2D eigenvalue weighted by molar-refractivity contribution is 7.11. The average Bonchev–Trinajstić information content (AvgIpc) is 2.94. The van der Waals surface area contributed by atoms with Gasteiger partial charge in [-0.1, -0.05) is 6.92 Å². The van der Waals surface area contributed by atoms with Crippen molar-refractivity contribution >= 4 is 11.3 Å². The molecule has 0 spiro atoms. The van der Waals surface area contributed by atoms with Gasteiger partial charge in [0.1, 0.15) is 10.0 Å². The molecule has 4 nitrogen and oxygen atoms in total. The van der Waals surface area contributed by atoms with Gasteiger partial charge in [0.25, 0.3) is 0 Å². The van der Waals surface area contributed by atoms with E-state index in [1.165, 1.54) is 5.01 Å². The van der Waals surface area contributed by atoms with Crippen LogP contribution >= 0.6 is 11.3 Å². The van der Waals surface area contributed by atoms with E-state index < -0.39 is 0 Å². The Balaban J connectivity index is 1.77. The van der Waals surface area contributed by atoms with Crippen molar-refractivity contribution in [1.29, 1.82) is 0 Å². The van der Waals surface area contributed by atoms with Crippen molar-refractivity contribution < 1.29 is 4.74 Å². The monoisotopic (exact) mass is 241 g/mol. The SMILES string of the molecule is CCNCCCc1nnc(C2CCOC2)s1. The van der Waals surface area contributed by atoms with Gasteiger partial charge in [-0.25, -0.2) is 0 Å². The average molecular weight is 241 g/mol. The Bertz CT molecular complexity index is 310. The third-order valence-electron chi connectivity index (χ3n) is 2.76. The summed E-state index contributed by atoms with van der Waals surface area (Å²) in [6.07, 6.45) is 3.29. The Morgan fingerprint density at radius 1 is 1.50 bits per heavy atom. The molecule has 1 saturated heterocycles. The number of ether oxygens (including phenoxy) is 1. The van der Waals surface area contributed by atoms with Gasteiger partial charge in [0.2, 0.25) is 0 Å². The maximum absolute atomic E-state index is 5.36. The number of hydrogen-bond acceptors (Lipinski definition) is 5. The summed E-state index contributed by atoms with van der Waals surface area (Å²) in [5.41, 5.74) is 0. The minimum Gasteiger partial charge on any atom is -0.381 e. The quantitative estimate of drug-likeness (QED) is 0.768. The largest absolute Gasteiger partial charge is 0.381 e. The Labute approximate surface area is 100 Å². The maximum atomic E-state index is 5.36. The second kappa shape index (κ2) is 6.27. The fraction of sp³-hybridized carbons (Fsp3) is 0.818. The molecule has 0 aromatic carbocycles. The first kappa shape index (κ1) is 12.0. The van der Waals surface area contributed by atoms with E-state index in [2.05, 4.69) is 22.4 Å². The number of rotatable bonds is 6. The minimum absolute atomic E-state index is 0.500. The molecule has 0 bridgehead atoms. The summed E-state index contributed by atoms with van der Waals surface area (Å²) in [4.78, 5) is 0. The topological polar surface area (TPSA) is 47.0 Å². The molecule has 1 fully saturated rings. The Morgan fingerprint density at radius 3 is 3.19 bits per heavy atom. The van der Waals surface area contributed by atoms with Crippen molar-refractivity contribution in [3.8, 4) is 0 Å². The fourth-order valence-corrected chi connectivity index (χ4v) is 2.81. The number of aryl methyl sites for hydroxylation is 1. The van der Waals surface area contributed by atoms with Crippen molar-refractivity contribution in [3.05, 3.63) is 10.0 Å². The summed E-state index contributed by atoms with van der Waals surface area (Å²) in [6, 6.07) is 0. The summed E-state index contributed by atoms with van der Waals surface area (Å²) < 4.78 is 5.36. The maximum Gasteiger partial charge on any atom is 0.122 e. The molecule has 2 rings (SSSR count). The predicted octanol–water partition coefficient (Wildman–Crippen LogP) is 1.58. The minimum atomic E-state index is 0.500. The van der Waals surface area contributed by atoms with Crippen LogP contribution in [0, 0.1) is 0 Å². The zero-order valence-corrected chi connectivity index (χ0v) is 10.6. The van der Waals surface area contributed by atoms with Crippen LogP contribution in [0.25, 0.3) is 0 Å². The van der Waals surface area contributed by atoms with Crippen LogP contribution in [0.2, 0.25) is 0 Å². The second-order valence-electron chi connectivity index (χ2n) is 4.05. The second-order valence-corrected chi connectivity index (χ2v) is 5.15. The van der Waals surface area contributed by atoms with Gasteiger partial charge in [0, 0.05) is 18.9 Å². The number of nitrogens with zero attached hydrogens (tertiary/aromatic N) is 2. The number of nitrogens with one attached hydrogen (secondary N) is 1. The highest BCUT2D eigenvalue weighted by Crippen LogP contribution is 2.27. The van der Waals surface area contributed by atoms with E-state index in [-0.39, 0.29) is 0 Å². The first-order valence-electron chi connectivity index (χ1n) is 6.01. The van der Waals surface area contributed by atoms with Crippen LogP contribution in [0.3, 0.4) is 0 Å². The van der Waals surface area contributed by atoms with Crippen molar-refractivity contribution in [2.45, 2.75) is 32.1 Å². The molecule has 0 amide bonds. The van der Waals surface area contributed by atoms with Gasteiger partial charge in [-0.3, -0.25) is 0 Å². The lowest BCUT2D eigenvalue weighted by Crippen LogP contribution is -2.14. The van der Waals surface area contributed by atoms with E-state index in [4.69, 9.17) is 4.74 Å². The van der Waals surface area contributed by atoms with Crippen molar-refractivity contribution in [2.75, 3.05) is 26.3 Å². The van der Waals surface area contributed by atoms with Gasteiger partial charge >= 0.3 is 0 Å². The normalized spacial score (nSPS) is 20.4. The van der Waals surface area contributed by atoms with Crippen molar-refractivity contribution in [1.82, 2.24) is 15.5 Å². The van der Waals surface area contributed by atoms with Gasteiger partial charge in [-0.15, -0.1) is 21.5 Å². The Kier molecular flexibility index (Phi) is 4.69. The van der Waals surface area contributed by atoms with E-state index >= 15 is 0 Å². The zero-order valence-electron chi connectivity index (χ0n) is 9.74. The van der Waals surface area contributed by atoms with Crippen LogP contribution in [0.5, 0.6) is 0 Å². The smallest absolute Gasteiger partial charge is 0.122 e. The first-order chi connectivity index (χ1) is 7.90. The molecule has 1 N–H and O–H groups in total. The van der Waals surface area contributed by atoms with Crippen LogP contribution in [0.4, 0.5) is 0 Å². The van der Waals surface area contributed by atoms with Gasteiger partial charge in [0.05, 0.1) is 6.61 Å². The molecule has 1 aliphatic heterocycles. The van der Waals surface area contributed by atoms with Crippen molar-refractivity contribution in [2.24, 2.45) is 0 Å². The molecule has 5 heteroatoms. The lowest BCUT2D eigenvalue weighted by atomic mass is 10.1. The molecule has 0 radical (unpaired) electrons. The Morgan fingerprint density at radius 2 is 2.44 bits per heavy atom. The highest BCUT2D eigenvalue weighted by atomic mass is 32.1. The molecule has 16 heavy (non-hydrogen) atoms. The summed E-state index contributed by atoms with van der Waals surface area (Å²) in [5, 5.41) is 14.2. The van der Waals surface area contributed by atoms with Crippen LogP contribution in [-0.2, 0) is 11.2 Å². The van der Waals surface area contributed by atoms with Crippen LogP contribution in [0.15, 0.2) is 0 Å². The third kappa shape index (κ3) is 3.23. The molecule has 0 saturated carbocycles. The lowest BCUT2D eigenvalue weighted by molar-refractivity contribution is 0.194. The van der Waals surface area contributed by atoms with Gasteiger partial charge in [-0.05, 0) is 25.9 Å². The first-order valence-corrected chi connectivity index (χ1v) is 6.82. The summed E-state index contributed by atoms with van der Waals surface area (Å²) in [6.45, 7) is 5.94. The van der Waals surface area contributed by atoms with E-state index in [1.807, 2.05) is 0 Å². The molecule has 1 aromatic heterocycles. The van der Waals surface area contributed by atoms with Gasteiger partial charge in [-0.2, -0.15) is 0 Å². The van der Waals surface area contributed by atoms with Gasteiger partial charge < -0.3 is 10.1 Å². The van der Waals surface area contributed by atoms with Crippen LogP contribution in [-0.4, -0.2) is 36.5 Å². The molecule has 1 aliphatic rings. The summed E-state index contributed by atoms with van der Waals surface area (Å²) in [7, 11) is 0. The standard InChI is InChI=1S/C11H19N3OS/c1-2-12-6-3-4-10-13-14-11(16-10)9-5-7-15-8-9/h9,12H,2-8H2,1H3. The lowest BCUT2D eigenvalue weighted by Gasteiger charge is -1.99. The molecule has 90 valence electrons. The molecule has 2 heterocycles. The van der Waals surface area contributed by atoms with Crippen LogP contribution < -0.4 is 5.32 Å². The van der Waals surface area contributed by atoms with E-state index in [0.29, 0.717) is 5.92 Å². The van der Waals surface area contributed by atoms with E-state index in [9.17, 15) is 0 Å². The molecular weight excluding hydrogens is 222 g/mol. The zero-order chi connectivity index (χ0) is 11.2. The molecular formula is C11H19N3OS. The fourth-order valence-electron chi connectivity index (χ4n) is 1.80. The number of hydrogen-bond donors (Lipinski definition) is 1. The molecule has 1 aromatic rings. The predicted molar refractivity (Wildman–Crippen MR) is 65.0 cm³/mol. The summed E-state index contributed by atoms with van der Waals surface area (Å²) >= 11 is 1.76. The summed E-state index contributed by atoms with van der Waals surface area (Å²) in [5.74, 6) is 0.500. The molecule has 1 unspecified atom stereocenters. The van der Waals surface area contributed by atoms with Crippen LogP contribution in [0.1, 0.15) is 35.7 Å². The van der Waals surface area contributed by atoms with Gasteiger partial charge in [0.15, 0.2) is 0 Å². The highest BCUT2D eigenvalue weighted by Gasteiger charge is 2.21. The third-order valence-corrected chi connectivity index (χ3v) is 3.90. The molecule has 0 aliphatic carbocycles. The van der Waals surface area contributed by atoms with Crippen molar-refractivity contribution in [3.63, 3.8) is 0 Å². The molecule has 1 atom stereocenters. The van der Waals surface area contributed by atoms with E-state index in [0.717, 1.165) is 50.6 Å². The van der Waals surface area contributed by atoms with E-state index in [1.54, 1.807) is 11.3 Å². The Hall–Kier alpha value is -0.520. The number of aromatic nitrogens is 2.